The number of ether oxygens (including phenoxy) is 5. The van der Waals surface area contributed by atoms with E-state index in [1.807, 2.05) is 73.3 Å². The van der Waals surface area contributed by atoms with Crippen molar-refractivity contribution in [3.8, 4) is 22.3 Å². The maximum Gasteiger partial charge on any atom is 0.508 e. The van der Waals surface area contributed by atoms with Gasteiger partial charge in [-0.15, -0.1) is 0 Å². The first-order valence-corrected chi connectivity index (χ1v) is 22.4. The maximum absolute atomic E-state index is 12.1. The molecule has 2 unspecified atom stereocenters. The Morgan fingerprint density at radius 1 is 0.544 bits per heavy atom. The molecule has 2 aliphatic heterocycles. The predicted octanol–water partition coefficient (Wildman–Crippen LogP) is 11.4. The van der Waals surface area contributed by atoms with Crippen molar-refractivity contribution < 1.29 is 33.3 Å². The Hall–Kier alpha value is -4.20. The number of thioether (sulfide) groups is 2. The lowest BCUT2D eigenvalue weighted by Crippen LogP contribution is -2.31. The summed E-state index contributed by atoms with van der Waals surface area (Å²) >= 11 is 3.38. The Labute approximate surface area is 344 Å². The Bertz CT molecular complexity index is 1680. The van der Waals surface area contributed by atoms with Gasteiger partial charge in [0.25, 0.3) is 0 Å². The first-order valence-electron chi connectivity index (χ1n) is 20.4. The number of carbonyl (C=O) groups is 2. The van der Waals surface area contributed by atoms with Gasteiger partial charge in [-0.3, -0.25) is 0 Å². The van der Waals surface area contributed by atoms with Gasteiger partial charge in [0.15, 0.2) is 22.5 Å². The standard InChI is InChI=1S/C44H54N4O7S2/c1-3-5-7-9-11-13-23-56-41-45-25-35(26-46-41)31-15-19-33(20-16-31)39(37-29-51-43(49)53-37)55-40(38-30-52-44(50)54-38)34-21-17-32(18-22-34)36-27-47-42(48-28-36)57-24-14-12-10-8-6-4-2/h15-22,25-28,37-40H,3-14,23-24,29-30H2,1-2H3/t37?,38?,39-,40-/m0/s1. The molecule has 11 nitrogen and oxygen atoms in total. The van der Waals surface area contributed by atoms with Gasteiger partial charge in [0, 0.05) is 47.4 Å². The first kappa shape index (κ1) is 42.4. The summed E-state index contributed by atoms with van der Waals surface area (Å²) < 4.78 is 28.3. The molecule has 304 valence electrons. The van der Waals surface area contributed by atoms with Crippen molar-refractivity contribution in [1.29, 1.82) is 0 Å². The van der Waals surface area contributed by atoms with Crippen molar-refractivity contribution in [2.75, 3.05) is 24.7 Å². The Morgan fingerprint density at radius 3 is 1.26 bits per heavy atom. The van der Waals surface area contributed by atoms with E-state index < -0.39 is 36.7 Å². The van der Waals surface area contributed by atoms with E-state index in [1.165, 1.54) is 64.2 Å². The number of benzene rings is 2. The molecule has 4 aromatic rings. The highest BCUT2D eigenvalue weighted by molar-refractivity contribution is 7.99. The lowest BCUT2D eigenvalue weighted by molar-refractivity contribution is -0.108. The molecule has 0 bridgehead atoms. The van der Waals surface area contributed by atoms with Gasteiger partial charge in [-0.1, -0.05) is 150 Å². The van der Waals surface area contributed by atoms with Crippen molar-refractivity contribution in [3.05, 3.63) is 84.4 Å². The van der Waals surface area contributed by atoms with Gasteiger partial charge in [0.05, 0.1) is 0 Å². The van der Waals surface area contributed by atoms with E-state index in [2.05, 4.69) is 33.8 Å². The molecule has 4 heterocycles. The van der Waals surface area contributed by atoms with Crippen molar-refractivity contribution >= 4 is 35.8 Å². The van der Waals surface area contributed by atoms with Crippen molar-refractivity contribution in [1.82, 2.24) is 19.9 Å². The molecule has 0 aliphatic carbocycles. The van der Waals surface area contributed by atoms with Gasteiger partial charge in [0.1, 0.15) is 25.4 Å². The largest absolute Gasteiger partial charge is 0.508 e. The fourth-order valence-electron chi connectivity index (χ4n) is 6.80. The predicted molar refractivity (Wildman–Crippen MR) is 222 cm³/mol. The monoisotopic (exact) mass is 814 g/mol. The molecule has 4 atom stereocenters. The molecule has 2 saturated heterocycles. The number of hydrogen-bond acceptors (Lipinski definition) is 13. The van der Waals surface area contributed by atoms with Crippen LogP contribution >= 0.6 is 23.5 Å². The van der Waals surface area contributed by atoms with Crippen LogP contribution < -0.4 is 0 Å². The average molecular weight is 815 g/mol. The number of nitrogens with zero attached hydrogens (tertiary/aromatic N) is 4. The van der Waals surface area contributed by atoms with E-state index in [9.17, 15) is 9.59 Å². The van der Waals surface area contributed by atoms with Crippen LogP contribution in [0, 0.1) is 0 Å². The van der Waals surface area contributed by atoms with Crippen LogP contribution in [0.15, 0.2) is 83.6 Å². The van der Waals surface area contributed by atoms with E-state index >= 15 is 0 Å². The lowest BCUT2D eigenvalue weighted by atomic mass is 9.98. The van der Waals surface area contributed by atoms with Crippen LogP contribution in [0.5, 0.6) is 0 Å². The summed E-state index contributed by atoms with van der Waals surface area (Å²) in [5.41, 5.74) is 5.16. The molecular formula is C44H54N4O7S2. The Kier molecular flexibility index (Phi) is 16.9. The maximum atomic E-state index is 12.1. The number of carbonyl (C=O) groups excluding carboxylic acids is 2. The van der Waals surface area contributed by atoms with Gasteiger partial charge in [-0.2, -0.15) is 0 Å². The summed E-state index contributed by atoms with van der Waals surface area (Å²) in [5, 5.41) is 1.55. The Morgan fingerprint density at radius 2 is 0.912 bits per heavy atom. The van der Waals surface area contributed by atoms with Crippen LogP contribution in [0.4, 0.5) is 9.59 Å². The number of aromatic nitrogens is 4. The third-order valence-corrected chi connectivity index (χ3v) is 12.0. The van der Waals surface area contributed by atoms with Crippen molar-refractivity contribution in [2.24, 2.45) is 0 Å². The van der Waals surface area contributed by atoms with Crippen LogP contribution in [-0.4, -0.2) is 69.2 Å². The van der Waals surface area contributed by atoms with E-state index in [4.69, 9.17) is 23.7 Å². The van der Waals surface area contributed by atoms with Gasteiger partial charge in [0.2, 0.25) is 0 Å². The van der Waals surface area contributed by atoms with E-state index in [0.717, 1.165) is 68.0 Å². The van der Waals surface area contributed by atoms with Crippen molar-refractivity contribution in [3.63, 3.8) is 0 Å². The third-order valence-electron chi connectivity index (χ3n) is 10.1. The van der Waals surface area contributed by atoms with Crippen LogP contribution in [0.3, 0.4) is 0 Å². The quantitative estimate of drug-likeness (QED) is 0.0288. The highest BCUT2D eigenvalue weighted by Crippen LogP contribution is 2.38. The zero-order valence-electron chi connectivity index (χ0n) is 33.0. The second-order valence-corrected chi connectivity index (χ2v) is 16.5. The van der Waals surface area contributed by atoms with Gasteiger partial charge in [-0.05, 0) is 35.1 Å². The number of cyclic esters (lactones) is 4. The van der Waals surface area contributed by atoms with Crippen LogP contribution in [0.1, 0.15) is 114 Å². The summed E-state index contributed by atoms with van der Waals surface area (Å²) in [4.78, 5) is 42.7. The highest BCUT2D eigenvalue weighted by Gasteiger charge is 2.41. The molecule has 2 fully saturated rings. The van der Waals surface area contributed by atoms with E-state index in [0.29, 0.717) is 0 Å². The minimum Gasteiger partial charge on any atom is -0.430 e. The van der Waals surface area contributed by atoms with Crippen molar-refractivity contribution in [2.45, 2.75) is 126 Å². The number of rotatable bonds is 24. The minimum atomic E-state index is -0.762. The molecule has 2 aromatic carbocycles. The van der Waals surface area contributed by atoms with Gasteiger partial charge < -0.3 is 23.7 Å². The number of hydrogen-bond donors (Lipinski definition) is 0. The van der Waals surface area contributed by atoms with Gasteiger partial charge in [-0.25, -0.2) is 29.5 Å². The van der Waals surface area contributed by atoms with Crippen LogP contribution in [0.25, 0.3) is 22.3 Å². The molecule has 0 spiro atoms. The normalized spacial score (nSPS) is 17.4. The summed E-state index contributed by atoms with van der Waals surface area (Å²) in [6, 6.07) is 15.6. The molecule has 2 aromatic heterocycles. The number of unbranched alkanes of at least 4 members (excludes halogenated alkanes) is 10. The molecule has 13 heteroatoms. The molecule has 0 radical (unpaired) electrons. The van der Waals surface area contributed by atoms with Crippen LogP contribution in [-0.2, 0) is 23.7 Å². The molecular weight excluding hydrogens is 761 g/mol. The lowest BCUT2D eigenvalue weighted by Gasteiger charge is -2.30. The zero-order valence-corrected chi connectivity index (χ0v) is 34.6. The molecule has 2 aliphatic rings. The van der Waals surface area contributed by atoms with Crippen LogP contribution in [0.2, 0.25) is 0 Å². The summed E-state index contributed by atoms with van der Waals surface area (Å²) in [7, 11) is 0. The molecule has 0 amide bonds. The summed E-state index contributed by atoms with van der Waals surface area (Å²) in [6.45, 7) is 4.49. The summed E-state index contributed by atoms with van der Waals surface area (Å²) in [6.07, 6.45) is 18.0. The SMILES string of the molecule is CCCCCCCCSc1ncc(-c2ccc([C@H](O[C@@H](c3ccc(-c4cnc(SCCCCCCCC)nc4)cc3)C3COC(=O)O3)C3COC(=O)O3)cc2)cn1. The average Bonchev–Trinajstić information content (AvgIpc) is 3.88. The highest BCUT2D eigenvalue weighted by atomic mass is 32.2. The van der Waals surface area contributed by atoms with E-state index in [1.54, 1.807) is 23.5 Å². The van der Waals surface area contributed by atoms with Gasteiger partial charge >= 0.3 is 12.3 Å². The molecule has 0 N–H and O–H groups in total. The third kappa shape index (κ3) is 12.9. The second-order valence-electron chi connectivity index (χ2n) is 14.4. The fourth-order valence-corrected chi connectivity index (χ4v) is 8.37. The topological polar surface area (TPSA) is 132 Å². The minimum absolute atomic E-state index is 0.0107. The molecule has 0 saturated carbocycles. The second kappa shape index (κ2) is 22.7. The zero-order chi connectivity index (χ0) is 39.7. The first-order chi connectivity index (χ1) is 28.0. The smallest absolute Gasteiger partial charge is 0.430 e. The fraction of sp³-hybridized carbons (Fsp3) is 0.500. The Balaban J connectivity index is 1.12. The molecule has 57 heavy (non-hydrogen) atoms. The summed E-state index contributed by atoms with van der Waals surface area (Å²) in [5.74, 6) is 2.02. The molecule has 6 rings (SSSR count). The van der Waals surface area contributed by atoms with E-state index in [-0.39, 0.29) is 13.2 Å².